The average Bonchev–Trinajstić information content (AvgIpc) is 3.31. The molecule has 1 saturated heterocycles. The Kier molecular flexibility index (Phi) is 7.47. The second-order valence-corrected chi connectivity index (χ2v) is 8.69. The summed E-state index contributed by atoms with van der Waals surface area (Å²) < 4.78 is 10.8. The van der Waals surface area contributed by atoms with Gasteiger partial charge in [-0.3, -0.25) is 14.5 Å². The molecule has 2 aliphatic rings. The summed E-state index contributed by atoms with van der Waals surface area (Å²) in [6.45, 7) is 4.17. The topological polar surface area (TPSA) is 97.5 Å². The number of carbonyl (C=O) groups is 2. The number of primary amides is 1. The van der Waals surface area contributed by atoms with Crippen molar-refractivity contribution >= 4 is 17.5 Å². The number of amides is 2. The first-order valence-corrected chi connectivity index (χ1v) is 11.8. The van der Waals surface area contributed by atoms with Crippen LogP contribution in [0.2, 0.25) is 0 Å². The van der Waals surface area contributed by atoms with Crippen molar-refractivity contribution < 1.29 is 19.1 Å². The van der Waals surface area contributed by atoms with E-state index in [4.69, 9.17) is 20.3 Å². The molecule has 2 aromatic carbocycles. The van der Waals surface area contributed by atoms with Gasteiger partial charge in [0, 0.05) is 12.3 Å². The lowest BCUT2D eigenvalue weighted by Gasteiger charge is -2.31. The zero-order valence-electron chi connectivity index (χ0n) is 19.8. The molecule has 0 radical (unpaired) electrons. The molecule has 0 bridgehead atoms. The normalized spacial score (nSPS) is 19.1. The summed E-state index contributed by atoms with van der Waals surface area (Å²) in [6.07, 6.45) is 1.99. The van der Waals surface area contributed by atoms with E-state index in [9.17, 15) is 9.59 Å². The average molecular weight is 465 g/mol. The van der Waals surface area contributed by atoms with Gasteiger partial charge in [-0.05, 0) is 80.4 Å². The quantitative estimate of drug-likeness (QED) is 0.648. The number of rotatable bonds is 8. The van der Waals surface area contributed by atoms with Gasteiger partial charge in [-0.15, -0.1) is 0 Å². The van der Waals surface area contributed by atoms with Crippen LogP contribution in [0.1, 0.15) is 43.4 Å². The minimum atomic E-state index is -0.255. The highest BCUT2D eigenvalue weighted by atomic mass is 16.5. The number of carbonyl (C=O) groups excluding carboxylic acids is 2. The molecule has 1 atom stereocenters. The molecule has 0 aromatic heterocycles. The molecule has 180 valence electrons. The van der Waals surface area contributed by atoms with Gasteiger partial charge in [0.25, 0.3) is 5.91 Å². The Morgan fingerprint density at radius 2 is 1.68 bits per heavy atom. The largest absolute Gasteiger partial charge is 0.497 e. The number of benzene rings is 2. The molecule has 0 spiro atoms. The molecule has 4 rings (SSSR count). The highest BCUT2D eigenvalue weighted by molar-refractivity contribution is 6.03. The third kappa shape index (κ3) is 5.39. The number of hydrogen-bond acceptors (Lipinski definition) is 6. The van der Waals surface area contributed by atoms with Gasteiger partial charge in [0.05, 0.1) is 32.0 Å². The van der Waals surface area contributed by atoms with Crippen LogP contribution in [0, 0.1) is 5.92 Å². The third-order valence-corrected chi connectivity index (χ3v) is 6.51. The summed E-state index contributed by atoms with van der Waals surface area (Å²) in [5.74, 6) is 1.16. The maximum absolute atomic E-state index is 13.4. The van der Waals surface area contributed by atoms with Gasteiger partial charge in [-0.1, -0.05) is 12.1 Å². The minimum absolute atomic E-state index is 0.0556. The fourth-order valence-corrected chi connectivity index (χ4v) is 4.55. The predicted molar refractivity (Wildman–Crippen MR) is 130 cm³/mol. The first kappa shape index (κ1) is 23.8. The van der Waals surface area contributed by atoms with Crippen LogP contribution in [0.5, 0.6) is 11.5 Å². The summed E-state index contributed by atoms with van der Waals surface area (Å²) in [4.78, 5) is 26.9. The summed E-state index contributed by atoms with van der Waals surface area (Å²) >= 11 is 0. The van der Waals surface area contributed by atoms with Crippen molar-refractivity contribution in [3.05, 3.63) is 59.7 Å². The number of ether oxygens (including phenoxy) is 2. The third-order valence-electron chi connectivity index (χ3n) is 6.51. The van der Waals surface area contributed by atoms with E-state index in [1.54, 1.807) is 12.1 Å². The lowest BCUT2D eigenvalue weighted by Crippen LogP contribution is -2.43. The van der Waals surface area contributed by atoms with Crippen LogP contribution in [0.4, 0.5) is 0 Å². The highest BCUT2D eigenvalue weighted by Gasteiger charge is 2.34. The molecule has 0 saturated carbocycles. The smallest absolute Gasteiger partial charge is 0.257 e. The molecule has 1 fully saturated rings. The van der Waals surface area contributed by atoms with E-state index in [0.717, 1.165) is 28.3 Å². The van der Waals surface area contributed by atoms with Gasteiger partial charge in [0.2, 0.25) is 5.91 Å². The van der Waals surface area contributed by atoms with E-state index in [1.807, 2.05) is 55.5 Å². The predicted octanol–water partition coefficient (Wildman–Crippen LogP) is 2.97. The maximum Gasteiger partial charge on any atom is 0.257 e. The molecule has 8 nitrogen and oxygen atoms in total. The first-order valence-electron chi connectivity index (χ1n) is 11.8. The van der Waals surface area contributed by atoms with Gasteiger partial charge in [0.1, 0.15) is 11.5 Å². The van der Waals surface area contributed by atoms with Gasteiger partial charge in [-0.25, -0.2) is 5.01 Å². The maximum atomic E-state index is 13.4. The Bertz CT molecular complexity index is 1030. The zero-order valence-corrected chi connectivity index (χ0v) is 19.8. The number of hydrogen-bond donors (Lipinski definition) is 1. The van der Waals surface area contributed by atoms with Gasteiger partial charge < -0.3 is 15.2 Å². The number of nitrogens with two attached hydrogens (primary N) is 1. The first-order chi connectivity index (χ1) is 16.5. The summed E-state index contributed by atoms with van der Waals surface area (Å²) in [5.41, 5.74) is 8.29. The Morgan fingerprint density at radius 1 is 1.03 bits per heavy atom. The van der Waals surface area contributed by atoms with Crippen molar-refractivity contribution in [2.24, 2.45) is 16.8 Å². The Labute approximate surface area is 200 Å². The monoisotopic (exact) mass is 464 g/mol. The van der Waals surface area contributed by atoms with Crippen LogP contribution in [-0.4, -0.2) is 60.8 Å². The van der Waals surface area contributed by atoms with E-state index in [-0.39, 0.29) is 30.3 Å². The van der Waals surface area contributed by atoms with Gasteiger partial charge in [-0.2, -0.15) is 5.10 Å². The number of methoxy groups -OCH3 is 1. The van der Waals surface area contributed by atoms with Crippen LogP contribution in [0.3, 0.4) is 0 Å². The molecular formula is C26H32N4O4. The second-order valence-electron chi connectivity index (χ2n) is 8.69. The fourth-order valence-electron chi connectivity index (χ4n) is 4.55. The number of piperidine rings is 1. The minimum Gasteiger partial charge on any atom is -0.497 e. The Hall–Kier alpha value is -3.39. The van der Waals surface area contributed by atoms with Crippen molar-refractivity contribution in [1.29, 1.82) is 0 Å². The number of likely N-dealkylation sites (tertiary alicyclic amines) is 1. The van der Waals surface area contributed by atoms with Crippen molar-refractivity contribution in [3.8, 4) is 11.5 Å². The molecule has 0 aliphatic carbocycles. The van der Waals surface area contributed by atoms with Gasteiger partial charge >= 0.3 is 0 Å². The Morgan fingerprint density at radius 3 is 2.26 bits per heavy atom. The molecule has 2 heterocycles. The van der Waals surface area contributed by atoms with E-state index in [1.165, 1.54) is 0 Å². The van der Waals surface area contributed by atoms with Crippen LogP contribution < -0.4 is 15.2 Å². The molecule has 2 aliphatic heterocycles. The molecule has 34 heavy (non-hydrogen) atoms. The second kappa shape index (κ2) is 10.7. The van der Waals surface area contributed by atoms with Crippen molar-refractivity contribution in [1.82, 2.24) is 9.91 Å². The molecule has 8 heteroatoms. The lowest BCUT2D eigenvalue weighted by molar-refractivity contribution is -0.134. The SMILES string of the molecule is CCOc1ccc([C@H]2CC(c3ccc(OC)cc3)=NN2C(=O)CN2CCC(C(N)=O)CC2)cc1. The van der Waals surface area contributed by atoms with Crippen LogP contribution >= 0.6 is 0 Å². The summed E-state index contributed by atoms with van der Waals surface area (Å²) in [6, 6.07) is 15.4. The van der Waals surface area contributed by atoms with Crippen LogP contribution in [0.15, 0.2) is 53.6 Å². The van der Waals surface area contributed by atoms with Crippen LogP contribution in [-0.2, 0) is 9.59 Å². The number of nitrogens with zero attached hydrogens (tertiary/aromatic N) is 3. The van der Waals surface area contributed by atoms with E-state index < -0.39 is 0 Å². The molecule has 2 amide bonds. The van der Waals surface area contributed by atoms with E-state index in [0.29, 0.717) is 39.0 Å². The summed E-state index contributed by atoms with van der Waals surface area (Å²) in [5, 5.41) is 6.39. The fraction of sp³-hybridized carbons (Fsp3) is 0.423. The van der Waals surface area contributed by atoms with Crippen molar-refractivity contribution in [2.45, 2.75) is 32.2 Å². The summed E-state index contributed by atoms with van der Waals surface area (Å²) in [7, 11) is 1.64. The van der Waals surface area contributed by atoms with Crippen molar-refractivity contribution in [2.75, 3.05) is 33.4 Å². The van der Waals surface area contributed by atoms with Crippen molar-refractivity contribution in [3.63, 3.8) is 0 Å². The lowest BCUT2D eigenvalue weighted by atomic mass is 9.96. The molecule has 0 unspecified atom stereocenters. The van der Waals surface area contributed by atoms with E-state index >= 15 is 0 Å². The zero-order chi connectivity index (χ0) is 24.1. The number of hydrazone groups is 1. The highest BCUT2D eigenvalue weighted by Crippen LogP contribution is 2.34. The Balaban J connectivity index is 1.53. The molecule has 2 N–H and O–H groups in total. The standard InChI is InChI=1S/C26H32N4O4/c1-3-34-22-10-6-19(7-11-22)24-16-23(18-4-8-21(33-2)9-5-18)28-30(24)25(31)17-29-14-12-20(13-15-29)26(27)32/h4-11,20,24H,3,12-17H2,1-2H3,(H2,27,32)/t24-/m1/s1. The molecular weight excluding hydrogens is 432 g/mol. The van der Waals surface area contributed by atoms with E-state index in [2.05, 4.69) is 4.90 Å². The van der Waals surface area contributed by atoms with Gasteiger partial charge in [0.15, 0.2) is 0 Å². The molecule has 2 aromatic rings. The van der Waals surface area contributed by atoms with Crippen LogP contribution in [0.25, 0.3) is 0 Å².